The van der Waals surface area contributed by atoms with Gasteiger partial charge in [0.25, 0.3) is 0 Å². The lowest BCUT2D eigenvalue weighted by Crippen LogP contribution is -2.50. The monoisotopic (exact) mass is 287 g/mol. The minimum absolute atomic E-state index is 0. The van der Waals surface area contributed by atoms with E-state index < -0.39 is 0 Å². The molecule has 2 N–H and O–H groups in total. The second-order valence-corrected chi connectivity index (χ2v) is 5.78. The summed E-state index contributed by atoms with van der Waals surface area (Å²) >= 11 is 6.24. The average Bonchev–Trinajstić information content (AvgIpc) is 2.22. The first-order valence-electron chi connectivity index (χ1n) is 6.62. The molecule has 1 aromatic rings. The molecule has 0 saturated heterocycles. The topological polar surface area (TPSA) is 26.0 Å². The van der Waals surface area contributed by atoms with Crippen LogP contribution in [0, 0.1) is 6.92 Å². The third kappa shape index (κ3) is 2.68. The molecule has 1 aromatic carbocycles. The molecule has 1 saturated carbocycles. The van der Waals surface area contributed by atoms with Crippen molar-refractivity contribution in [2.45, 2.75) is 57.4 Å². The van der Waals surface area contributed by atoms with Gasteiger partial charge in [-0.1, -0.05) is 43.5 Å². The SMILES string of the molecule is CCCC(N)C1(c2ccc(C)c(Cl)c2)CCC1.Cl. The lowest BCUT2D eigenvalue weighted by Gasteiger charge is -2.47. The van der Waals surface area contributed by atoms with Crippen molar-refractivity contribution in [3.05, 3.63) is 34.3 Å². The van der Waals surface area contributed by atoms with Gasteiger partial charge in [-0.15, -0.1) is 12.4 Å². The summed E-state index contributed by atoms with van der Waals surface area (Å²) in [5, 5.41) is 0.873. The number of nitrogens with two attached hydrogens (primary N) is 1. The van der Waals surface area contributed by atoms with Gasteiger partial charge in [0.2, 0.25) is 0 Å². The summed E-state index contributed by atoms with van der Waals surface area (Å²) in [6.07, 6.45) is 5.98. The summed E-state index contributed by atoms with van der Waals surface area (Å²) in [5.41, 5.74) is 9.10. The van der Waals surface area contributed by atoms with Crippen molar-refractivity contribution in [3.8, 4) is 0 Å². The highest BCUT2D eigenvalue weighted by Crippen LogP contribution is 2.47. The molecule has 1 aliphatic rings. The zero-order valence-corrected chi connectivity index (χ0v) is 12.8. The van der Waals surface area contributed by atoms with E-state index in [0.29, 0.717) is 0 Å². The number of halogens is 2. The Bertz CT molecular complexity index is 399. The molecule has 1 fully saturated rings. The van der Waals surface area contributed by atoms with Crippen LogP contribution in [0.1, 0.15) is 50.2 Å². The molecule has 1 atom stereocenters. The molecule has 1 nitrogen and oxygen atoms in total. The number of aryl methyl sites for hydroxylation is 1. The normalized spacial score (nSPS) is 18.7. The highest BCUT2D eigenvalue weighted by Gasteiger charge is 2.43. The van der Waals surface area contributed by atoms with Crippen LogP contribution in [-0.2, 0) is 5.41 Å². The van der Waals surface area contributed by atoms with Gasteiger partial charge < -0.3 is 5.73 Å². The van der Waals surface area contributed by atoms with Gasteiger partial charge >= 0.3 is 0 Å². The fraction of sp³-hybridized carbons (Fsp3) is 0.600. The Morgan fingerprint density at radius 2 is 2.06 bits per heavy atom. The van der Waals surface area contributed by atoms with E-state index >= 15 is 0 Å². The molecule has 102 valence electrons. The molecule has 0 aliphatic heterocycles. The van der Waals surface area contributed by atoms with Gasteiger partial charge in [0, 0.05) is 16.5 Å². The summed E-state index contributed by atoms with van der Waals surface area (Å²) in [6, 6.07) is 6.75. The van der Waals surface area contributed by atoms with E-state index in [1.807, 2.05) is 6.92 Å². The quantitative estimate of drug-likeness (QED) is 0.859. The summed E-state index contributed by atoms with van der Waals surface area (Å²) in [4.78, 5) is 0. The van der Waals surface area contributed by atoms with Gasteiger partial charge in [-0.2, -0.15) is 0 Å². The zero-order chi connectivity index (χ0) is 12.5. The Morgan fingerprint density at radius 1 is 1.39 bits per heavy atom. The highest BCUT2D eigenvalue weighted by atomic mass is 35.5. The Balaban J connectivity index is 0.00000162. The van der Waals surface area contributed by atoms with Gasteiger partial charge in [0.1, 0.15) is 0 Å². The van der Waals surface area contributed by atoms with Crippen molar-refractivity contribution in [1.82, 2.24) is 0 Å². The van der Waals surface area contributed by atoms with E-state index in [1.54, 1.807) is 0 Å². The summed E-state index contributed by atoms with van der Waals surface area (Å²) in [5.74, 6) is 0. The Morgan fingerprint density at radius 3 is 2.50 bits per heavy atom. The van der Waals surface area contributed by atoms with Crippen LogP contribution in [0.3, 0.4) is 0 Å². The first-order valence-corrected chi connectivity index (χ1v) is 7.00. The molecule has 0 aromatic heterocycles. The molecule has 0 radical (unpaired) electrons. The highest BCUT2D eigenvalue weighted by molar-refractivity contribution is 6.31. The molecule has 1 aliphatic carbocycles. The standard InChI is InChI=1S/C15H22ClN.ClH/c1-3-5-14(17)15(8-4-9-15)12-7-6-11(2)13(16)10-12;/h6-7,10,14H,3-5,8-9,17H2,1-2H3;1H. The smallest absolute Gasteiger partial charge is 0.0438 e. The fourth-order valence-electron chi connectivity index (χ4n) is 2.92. The molecule has 2 rings (SSSR count). The van der Waals surface area contributed by atoms with Crippen LogP contribution < -0.4 is 5.73 Å². The van der Waals surface area contributed by atoms with E-state index in [2.05, 4.69) is 25.1 Å². The molecular formula is C15H23Cl2N. The maximum Gasteiger partial charge on any atom is 0.0438 e. The largest absolute Gasteiger partial charge is 0.327 e. The Kier molecular flexibility index (Phi) is 5.51. The molecular weight excluding hydrogens is 265 g/mol. The molecule has 1 unspecified atom stereocenters. The third-order valence-electron chi connectivity index (χ3n) is 4.30. The van der Waals surface area contributed by atoms with Crippen molar-refractivity contribution >= 4 is 24.0 Å². The van der Waals surface area contributed by atoms with Crippen LogP contribution in [-0.4, -0.2) is 6.04 Å². The van der Waals surface area contributed by atoms with Gasteiger partial charge in [0.15, 0.2) is 0 Å². The first kappa shape index (κ1) is 15.8. The van der Waals surface area contributed by atoms with Crippen LogP contribution in [0.5, 0.6) is 0 Å². The molecule has 3 heteroatoms. The number of hydrogen-bond donors (Lipinski definition) is 1. The Hall–Kier alpha value is -0.240. The zero-order valence-electron chi connectivity index (χ0n) is 11.2. The first-order chi connectivity index (χ1) is 8.10. The molecule has 18 heavy (non-hydrogen) atoms. The fourth-order valence-corrected chi connectivity index (χ4v) is 3.10. The minimum Gasteiger partial charge on any atom is -0.327 e. The lowest BCUT2D eigenvalue weighted by molar-refractivity contribution is 0.188. The van der Waals surface area contributed by atoms with Gasteiger partial charge in [-0.25, -0.2) is 0 Å². The number of benzene rings is 1. The van der Waals surface area contributed by atoms with Crippen molar-refractivity contribution in [2.75, 3.05) is 0 Å². The average molecular weight is 288 g/mol. The van der Waals surface area contributed by atoms with Crippen molar-refractivity contribution in [3.63, 3.8) is 0 Å². The maximum absolute atomic E-state index is 6.40. The lowest BCUT2D eigenvalue weighted by atomic mass is 9.59. The van der Waals surface area contributed by atoms with Crippen LogP contribution in [0.15, 0.2) is 18.2 Å². The van der Waals surface area contributed by atoms with Crippen LogP contribution in [0.2, 0.25) is 5.02 Å². The van der Waals surface area contributed by atoms with Crippen molar-refractivity contribution in [2.24, 2.45) is 5.73 Å². The maximum atomic E-state index is 6.40. The second kappa shape index (κ2) is 6.27. The van der Waals surface area contributed by atoms with Gasteiger partial charge in [0.05, 0.1) is 0 Å². The van der Waals surface area contributed by atoms with Crippen LogP contribution >= 0.6 is 24.0 Å². The molecule has 0 spiro atoms. The van der Waals surface area contributed by atoms with E-state index in [-0.39, 0.29) is 23.9 Å². The van der Waals surface area contributed by atoms with Crippen molar-refractivity contribution in [1.29, 1.82) is 0 Å². The number of hydrogen-bond acceptors (Lipinski definition) is 1. The van der Waals surface area contributed by atoms with E-state index in [1.165, 1.54) is 24.8 Å². The van der Waals surface area contributed by atoms with E-state index in [4.69, 9.17) is 17.3 Å². The predicted molar refractivity (Wildman–Crippen MR) is 81.8 cm³/mol. The van der Waals surface area contributed by atoms with Crippen molar-refractivity contribution < 1.29 is 0 Å². The van der Waals surface area contributed by atoms with Gasteiger partial charge in [-0.05, 0) is 43.4 Å². The molecule has 0 heterocycles. The summed E-state index contributed by atoms with van der Waals surface area (Å²) < 4.78 is 0. The van der Waals surface area contributed by atoms with E-state index in [0.717, 1.165) is 23.4 Å². The van der Waals surface area contributed by atoms with Gasteiger partial charge in [-0.3, -0.25) is 0 Å². The van der Waals surface area contributed by atoms with E-state index in [9.17, 15) is 0 Å². The Labute approximate surface area is 122 Å². The minimum atomic E-state index is 0. The van der Waals surface area contributed by atoms with Crippen LogP contribution in [0.25, 0.3) is 0 Å². The third-order valence-corrected chi connectivity index (χ3v) is 4.71. The second-order valence-electron chi connectivity index (χ2n) is 5.37. The predicted octanol–water partition coefficient (Wildman–Crippen LogP) is 4.62. The molecule has 0 bridgehead atoms. The summed E-state index contributed by atoms with van der Waals surface area (Å²) in [6.45, 7) is 4.25. The molecule has 0 amide bonds. The number of rotatable bonds is 4. The summed E-state index contributed by atoms with van der Waals surface area (Å²) in [7, 11) is 0. The van der Waals surface area contributed by atoms with Crippen LogP contribution in [0.4, 0.5) is 0 Å².